The second kappa shape index (κ2) is 41.0. The highest BCUT2D eigenvalue weighted by molar-refractivity contribution is 7.98. The molecule has 524 valence electrons. The van der Waals surface area contributed by atoms with E-state index in [2.05, 4.69) is 47.5 Å². The summed E-state index contributed by atoms with van der Waals surface area (Å²) in [7, 11) is 0. The highest BCUT2D eigenvalue weighted by Gasteiger charge is 2.42. The Morgan fingerprint density at radius 2 is 1.03 bits per heavy atom. The molecule has 21 N–H and O–H groups in total. The zero-order valence-corrected chi connectivity index (χ0v) is 55.2. The standard InChI is InChI=1S/C63H97N17O14S/c1-37(2)33-45(56(87)76-44(62(93)94)27-32-95-3)72-52(83)36-71-53(84)46(34-38-15-6-4-7-16-38)77-57(88)47(35-39-17-8-5-9-18-39)78-55(86)41(23-25-50(66)81)73-54(85)42(24-26-51(67)82)74-58(89)49-22-14-31-80(49)61(92)43(20-10-11-28-64)75-59(90)48-21-13-30-79(48)60(91)40(65)19-12-29-70-63(68)69/h4-9,15-18,37,40-49H,10-14,19-36,64-65H2,1-3H3,(H2,66,81)(H2,67,82)(H,71,84)(H,72,83)(H,73,85)(H,74,89)(H,75,90)(H,76,87)(H,77,88)(H,78,86)(H,93,94)(H4,68,69,70)/t40-,41+,42+,43-,44-,45+,46+,47+,48+,49-/m0/s1. The third-order valence-electron chi connectivity index (χ3n) is 16.0. The number of benzene rings is 2. The van der Waals surface area contributed by atoms with Gasteiger partial charge in [-0.3, -0.25) is 62.5 Å². The maximum Gasteiger partial charge on any atom is 0.326 e. The molecule has 2 aromatic carbocycles. The summed E-state index contributed by atoms with van der Waals surface area (Å²) in [6.45, 7) is 3.78. The highest BCUT2D eigenvalue weighted by atomic mass is 32.2. The molecule has 0 aliphatic carbocycles. The van der Waals surface area contributed by atoms with E-state index in [-0.39, 0.29) is 83.0 Å². The van der Waals surface area contributed by atoms with Gasteiger partial charge in [-0.05, 0) is 119 Å². The van der Waals surface area contributed by atoms with Gasteiger partial charge in [-0.2, -0.15) is 11.8 Å². The number of hydrogen-bond acceptors (Lipinski definition) is 17. The predicted octanol–water partition coefficient (Wildman–Crippen LogP) is -3.11. The summed E-state index contributed by atoms with van der Waals surface area (Å²) in [4.78, 5) is 184. The molecule has 4 rings (SSSR count). The molecule has 31 nitrogen and oxygen atoms in total. The van der Waals surface area contributed by atoms with E-state index in [1.54, 1.807) is 80.8 Å². The quantitative estimate of drug-likeness (QED) is 0.0178. The van der Waals surface area contributed by atoms with E-state index in [1.165, 1.54) is 21.6 Å². The van der Waals surface area contributed by atoms with Crippen LogP contribution in [0.25, 0.3) is 0 Å². The lowest BCUT2D eigenvalue weighted by molar-refractivity contribution is -0.144. The molecule has 0 unspecified atom stereocenters. The summed E-state index contributed by atoms with van der Waals surface area (Å²) in [5, 5.41) is 30.6. The van der Waals surface area contributed by atoms with Crippen LogP contribution >= 0.6 is 11.8 Å². The molecule has 2 aromatic rings. The number of amides is 12. The Hall–Kier alpha value is -8.91. The van der Waals surface area contributed by atoms with Crippen molar-refractivity contribution in [3.63, 3.8) is 0 Å². The smallest absolute Gasteiger partial charge is 0.326 e. The second-order valence-corrected chi connectivity index (χ2v) is 25.0. The first-order valence-electron chi connectivity index (χ1n) is 32.1. The van der Waals surface area contributed by atoms with Crippen LogP contribution in [-0.4, -0.2) is 203 Å². The molecule has 0 aromatic heterocycles. The molecule has 2 fully saturated rings. The topological polar surface area (TPSA) is 513 Å². The van der Waals surface area contributed by atoms with Gasteiger partial charge in [-0.15, -0.1) is 0 Å². The van der Waals surface area contributed by atoms with Crippen LogP contribution in [0.2, 0.25) is 0 Å². The van der Waals surface area contributed by atoms with Crippen LogP contribution in [-0.2, 0) is 75.2 Å². The number of carbonyl (C=O) groups excluding carboxylic acids is 12. The van der Waals surface area contributed by atoms with E-state index >= 15 is 0 Å². The lowest BCUT2D eigenvalue weighted by Crippen LogP contribution is -2.60. The van der Waals surface area contributed by atoms with Crippen molar-refractivity contribution in [3.05, 3.63) is 71.8 Å². The number of thioether (sulfide) groups is 1. The van der Waals surface area contributed by atoms with Gasteiger partial charge < -0.3 is 91.8 Å². The van der Waals surface area contributed by atoms with Crippen molar-refractivity contribution >= 4 is 94.6 Å². The minimum absolute atomic E-state index is 0.0706. The molecule has 0 bridgehead atoms. The molecule has 0 radical (unpaired) electrons. The second-order valence-electron chi connectivity index (χ2n) is 24.1. The van der Waals surface area contributed by atoms with Gasteiger partial charge in [0.15, 0.2) is 5.96 Å². The van der Waals surface area contributed by atoms with Gasteiger partial charge >= 0.3 is 5.97 Å². The predicted molar refractivity (Wildman–Crippen MR) is 354 cm³/mol. The lowest BCUT2D eigenvalue weighted by atomic mass is 10.0. The Balaban J connectivity index is 1.56. The number of aliphatic carboxylic acids is 1. The van der Waals surface area contributed by atoms with E-state index in [1.807, 2.05) is 0 Å². The van der Waals surface area contributed by atoms with Gasteiger partial charge in [0.25, 0.3) is 0 Å². The number of aliphatic imine (C=N–C) groups is 1. The summed E-state index contributed by atoms with van der Waals surface area (Å²) in [6, 6.07) is 4.12. The van der Waals surface area contributed by atoms with Crippen molar-refractivity contribution in [2.45, 2.75) is 183 Å². The maximum atomic E-state index is 14.7. The van der Waals surface area contributed by atoms with Gasteiger partial charge in [0.05, 0.1) is 12.6 Å². The van der Waals surface area contributed by atoms with E-state index in [4.69, 9.17) is 34.4 Å². The number of hydrogen-bond donors (Lipinski definition) is 15. The summed E-state index contributed by atoms with van der Waals surface area (Å²) < 4.78 is 0. The van der Waals surface area contributed by atoms with Crippen LogP contribution in [0.1, 0.15) is 121 Å². The molecule has 0 saturated carbocycles. The Morgan fingerprint density at radius 3 is 1.53 bits per heavy atom. The number of primary amides is 2. The molecule has 2 aliphatic rings. The van der Waals surface area contributed by atoms with Crippen LogP contribution in [0.3, 0.4) is 0 Å². The SMILES string of the molecule is CSCC[C@H](NC(=O)[C@@H](CC(C)C)NC(=O)CNC(=O)[C@@H](Cc1ccccc1)NC(=O)[C@@H](Cc1ccccc1)NC(=O)[C@@H](CCC(N)=O)NC(=O)[C@@H](CCC(N)=O)NC(=O)[C@@H]1CCCN1C(=O)[C@H](CCCCN)NC(=O)[C@H]1CCCN1C(=O)[C@@H](N)CCCN=C(N)N)C(=O)O. The Kier molecular flexibility index (Phi) is 33.9. The lowest BCUT2D eigenvalue weighted by Gasteiger charge is -2.32. The monoisotopic (exact) mass is 1350 g/mol. The molecule has 2 aliphatic heterocycles. The molecule has 2 heterocycles. The summed E-state index contributed by atoms with van der Waals surface area (Å²) in [6.07, 6.45) is 2.86. The zero-order chi connectivity index (χ0) is 70.1. The number of likely N-dealkylation sites (tertiary alicyclic amines) is 2. The fourth-order valence-electron chi connectivity index (χ4n) is 11.0. The number of carbonyl (C=O) groups is 13. The average molecular weight is 1350 g/mol. The first kappa shape index (κ1) is 78.5. The van der Waals surface area contributed by atoms with Crippen molar-refractivity contribution in [1.82, 2.24) is 52.3 Å². The number of unbranched alkanes of at least 4 members (excludes halogenated alkanes) is 1. The zero-order valence-electron chi connectivity index (χ0n) is 54.4. The van der Waals surface area contributed by atoms with E-state index in [0.717, 1.165) is 0 Å². The number of guanidine groups is 1. The maximum absolute atomic E-state index is 14.7. The van der Waals surface area contributed by atoms with Crippen LogP contribution in [0.5, 0.6) is 0 Å². The third kappa shape index (κ3) is 27.5. The molecule has 95 heavy (non-hydrogen) atoms. The summed E-state index contributed by atoms with van der Waals surface area (Å²) in [5.41, 5.74) is 35.0. The van der Waals surface area contributed by atoms with Gasteiger partial charge in [0.1, 0.15) is 54.4 Å². The van der Waals surface area contributed by atoms with Crippen LogP contribution in [0.15, 0.2) is 65.7 Å². The third-order valence-corrected chi connectivity index (χ3v) is 16.6. The molecular weight excluding hydrogens is 1250 g/mol. The van der Waals surface area contributed by atoms with Gasteiger partial charge in [-0.25, -0.2) is 4.79 Å². The molecular formula is C63H97N17O14S. The normalized spacial score (nSPS) is 16.8. The highest BCUT2D eigenvalue weighted by Crippen LogP contribution is 2.24. The fourth-order valence-corrected chi connectivity index (χ4v) is 11.5. The molecule has 2 saturated heterocycles. The van der Waals surface area contributed by atoms with Crippen LogP contribution < -0.4 is 76.9 Å². The Bertz CT molecular complexity index is 2960. The number of nitrogens with zero attached hydrogens (tertiary/aromatic N) is 3. The van der Waals surface area contributed by atoms with Crippen molar-refractivity contribution < 1.29 is 67.4 Å². The van der Waals surface area contributed by atoms with Crippen LogP contribution in [0, 0.1) is 5.92 Å². The Labute approximate surface area is 557 Å². The minimum Gasteiger partial charge on any atom is -0.480 e. The number of nitrogens with two attached hydrogens (primary N) is 6. The summed E-state index contributed by atoms with van der Waals surface area (Å²) >= 11 is 1.40. The van der Waals surface area contributed by atoms with E-state index < -0.39 is 170 Å². The van der Waals surface area contributed by atoms with E-state index in [9.17, 15) is 67.4 Å². The van der Waals surface area contributed by atoms with Crippen molar-refractivity contribution in [1.29, 1.82) is 0 Å². The van der Waals surface area contributed by atoms with Crippen molar-refractivity contribution in [2.24, 2.45) is 45.3 Å². The summed E-state index contributed by atoms with van der Waals surface area (Å²) in [5.74, 6) is -10.6. The molecule has 0 spiro atoms. The first-order valence-corrected chi connectivity index (χ1v) is 33.5. The fraction of sp³-hybridized carbons (Fsp3) is 0.587. The van der Waals surface area contributed by atoms with Crippen molar-refractivity contribution in [3.8, 4) is 0 Å². The largest absolute Gasteiger partial charge is 0.480 e. The van der Waals surface area contributed by atoms with Gasteiger partial charge in [-0.1, -0.05) is 74.5 Å². The average Bonchev–Trinajstić information content (AvgIpc) is 1.74. The first-order chi connectivity index (χ1) is 45.2. The van der Waals surface area contributed by atoms with Gasteiger partial charge in [0, 0.05) is 45.3 Å². The van der Waals surface area contributed by atoms with Crippen molar-refractivity contribution in [2.75, 3.05) is 44.7 Å². The molecule has 10 atom stereocenters. The number of nitrogens with one attached hydrogen (secondary N) is 8. The van der Waals surface area contributed by atoms with E-state index in [0.29, 0.717) is 55.4 Å². The molecule has 32 heteroatoms. The number of carboxylic acids is 1. The molecule has 12 amide bonds. The van der Waals surface area contributed by atoms with Crippen LogP contribution in [0.4, 0.5) is 0 Å². The number of rotatable bonds is 42. The Morgan fingerprint density at radius 1 is 0.558 bits per heavy atom. The van der Waals surface area contributed by atoms with Gasteiger partial charge in [0.2, 0.25) is 70.9 Å². The minimum atomic E-state index is -1.65. The number of carboxylic acid groups (broad SMARTS) is 1.